The lowest BCUT2D eigenvalue weighted by Crippen LogP contribution is -2.14. The second-order valence-corrected chi connectivity index (χ2v) is 7.30. The van der Waals surface area contributed by atoms with Crippen LogP contribution >= 0.6 is 11.3 Å². The molecule has 0 spiro atoms. The van der Waals surface area contributed by atoms with E-state index in [2.05, 4.69) is 15.0 Å². The van der Waals surface area contributed by atoms with E-state index in [-0.39, 0.29) is 17.5 Å². The van der Waals surface area contributed by atoms with Gasteiger partial charge in [0, 0.05) is 35.7 Å². The molecule has 0 aliphatic heterocycles. The number of methoxy groups -OCH3 is 1. The van der Waals surface area contributed by atoms with Crippen LogP contribution in [-0.4, -0.2) is 42.2 Å². The zero-order valence-corrected chi connectivity index (χ0v) is 16.7. The summed E-state index contributed by atoms with van der Waals surface area (Å²) in [6, 6.07) is 0. The number of hydrogen-bond donors (Lipinski definition) is 4. The second-order valence-electron chi connectivity index (χ2n) is 6.28. The lowest BCUT2D eigenvalue weighted by atomic mass is 10.1. The van der Waals surface area contributed by atoms with Gasteiger partial charge in [0.25, 0.3) is 5.19 Å². The van der Waals surface area contributed by atoms with Gasteiger partial charge in [-0.3, -0.25) is 15.8 Å². The van der Waals surface area contributed by atoms with Gasteiger partial charge in [0.15, 0.2) is 0 Å². The zero-order valence-electron chi connectivity index (χ0n) is 15.9. The van der Waals surface area contributed by atoms with E-state index in [4.69, 9.17) is 27.0 Å². The van der Waals surface area contributed by atoms with E-state index in [1.54, 1.807) is 40.2 Å². The summed E-state index contributed by atoms with van der Waals surface area (Å²) in [5.74, 6) is 0.871. The number of hydrogen-bond acceptors (Lipinski definition) is 7. The minimum atomic E-state index is 0.0218. The largest absolute Gasteiger partial charge is 0.473 e. The van der Waals surface area contributed by atoms with Crippen LogP contribution in [0.2, 0.25) is 0 Å². The van der Waals surface area contributed by atoms with Gasteiger partial charge in [0.05, 0.1) is 24.4 Å². The molecule has 1 heterocycles. The molecule has 1 aromatic heterocycles. The molecular weight excluding hydrogens is 362 g/mol. The van der Waals surface area contributed by atoms with Crippen molar-refractivity contribution in [3.63, 3.8) is 0 Å². The smallest absolute Gasteiger partial charge is 0.273 e. The topological polar surface area (TPSA) is 147 Å². The van der Waals surface area contributed by atoms with Crippen LogP contribution in [0, 0.1) is 16.7 Å². The summed E-state index contributed by atoms with van der Waals surface area (Å²) in [5.41, 5.74) is 13.6. The third kappa shape index (κ3) is 5.33. The highest BCUT2D eigenvalue weighted by Gasteiger charge is 2.41. The van der Waals surface area contributed by atoms with Crippen molar-refractivity contribution in [1.29, 1.82) is 10.8 Å². The molecule has 0 radical (unpaired) electrons. The van der Waals surface area contributed by atoms with Crippen LogP contribution in [0.5, 0.6) is 5.19 Å². The van der Waals surface area contributed by atoms with Gasteiger partial charge in [-0.25, -0.2) is 9.98 Å². The summed E-state index contributed by atoms with van der Waals surface area (Å²) in [6.07, 6.45) is 6.05. The fraction of sp³-hybridized carbons (Fsp3) is 0.389. The van der Waals surface area contributed by atoms with Crippen LogP contribution < -0.4 is 16.2 Å². The van der Waals surface area contributed by atoms with Crippen LogP contribution in [-0.2, 0) is 0 Å². The van der Waals surface area contributed by atoms with E-state index in [1.165, 1.54) is 11.3 Å². The molecule has 144 valence electrons. The molecule has 0 saturated heterocycles. The highest BCUT2D eigenvalue weighted by atomic mass is 32.1. The minimum absolute atomic E-state index is 0.0218. The van der Waals surface area contributed by atoms with E-state index >= 15 is 0 Å². The molecule has 8 nitrogen and oxygen atoms in total. The molecule has 1 saturated carbocycles. The first kappa shape index (κ1) is 20.5. The molecule has 1 aromatic rings. The predicted octanol–water partition coefficient (Wildman–Crippen LogP) is 2.49. The molecule has 2 atom stereocenters. The van der Waals surface area contributed by atoms with Crippen molar-refractivity contribution >= 4 is 34.4 Å². The Balaban J connectivity index is 2.08. The quantitative estimate of drug-likeness (QED) is 0.420. The van der Waals surface area contributed by atoms with Crippen molar-refractivity contribution < 1.29 is 4.74 Å². The molecule has 6 N–H and O–H groups in total. The molecule has 1 aliphatic rings. The van der Waals surface area contributed by atoms with Gasteiger partial charge < -0.3 is 16.2 Å². The Bertz CT molecular complexity index is 859. The third-order valence-corrected chi connectivity index (χ3v) is 5.19. The molecule has 2 unspecified atom stereocenters. The van der Waals surface area contributed by atoms with Gasteiger partial charge in [0.1, 0.15) is 5.84 Å². The standard InChI is InChI=1S/C18H25N7OS/c1-9(17(22)25-10(2)19)5-14(21)15(23-3)7-13(20)11-6-12(11)16-8-24-18(26-4)27-16/h5,7-8,11-12,21H,6,20H2,1-4H3,(H3,19,22,25)/b9-5-,13-7-,21-14?,23-15?. The van der Waals surface area contributed by atoms with E-state index in [0.29, 0.717) is 33.9 Å². The number of thiazole rings is 1. The predicted molar refractivity (Wildman–Crippen MR) is 112 cm³/mol. The summed E-state index contributed by atoms with van der Waals surface area (Å²) in [6.45, 7) is 3.32. The number of rotatable bonds is 7. The number of allylic oxidation sites excluding steroid dienone is 3. The monoisotopic (exact) mass is 387 g/mol. The van der Waals surface area contributed by atoms with Gasteiger partial charge >= 0.3 is 0 Å². The number of nitrogens with two attached hydrogens (primary N) is 2. The summed E-state index contributed by atoms with van der Waals surface area (Å²) in [5, 5.41) is 16.7. The highest BCUT2D eigenvalue weighted by molar-refractivity contribution is 7.13. The molecular formula is C18H25N7OS. The molecule has 9 heteroatoms. The fourth-order valence-corrected chi connectivity index (χ4v) is 3.47. The number of aromatic nitrogens is 1. The fourth-order valence-electron chi connectivity index (χ4n) is 2.56. The van der Waals surface area contributed by atoms with Crippen LogP contribution in [0.1, 0.15) is 31.1 Å². The summed E-state index contributed by atoms with van der Waals surface area (Å²) < 4.78 is 5.14. The first-order valence-corrected chi connectivity index (χ1v) is 9.18. The molecule has 0 bridgehead atoms. The average Bonchev–Trinajstić information content (AvgIpc) is 3.28. The Morgan fingerprint density at radius 1 is 1.33 bits per heavy atom. The first-order valence-electron chi connectivity index (χ1n) is 8.37. The van der Waals surface area contributed by atoms with Crippen LogP contribution in [0.3, 0.4) is 0 Å². The number of aliphatic imine (C=N–C) groups is 2. The molecule has 2 rings (SSSR count). The SMILES string of the molecule is CN=C(/C=C(\N)C1CC1c1cnc(OC)s1)C(=N)/C=C(/C)C(=N)N=C(C)N. The number of ether oxygens (including phenoxy) is 1. The Kier molecular flexibility index (Phi) is 6.62. The van der Waals surface area contributed by atoms with Crippen molar-refractivity contribution in [3.8, 4) is 5.19 Å². The summed E-state index contributed by atoms with van der Waals surface area (Å²) in [7, 11) is 3.22. The van der Waals surface area contributed by atoms with Crippen molar-refractivity contribution in [1.82, 2.24) is 4.98 Å². The molecule has 0 aromatic carbocycles. The third-order valence-electron chi connectivity index (χ3n) is 4.10. The van der Waals surface area contributed by atoms with Gasteiger partial charge in [-0.15, -0.1) is 0 Å². The lowest BCUT2D eigenvalue weighted by Gasteiger charge is -2.04. The molecule has 1 fully saturated rings. The van der Waals surface area contributed by atoms with Crippen LogP contribution in [0.4, 0.5) is 0 Å². The first-order chi connectivity index (χ1) is 12.8. The maximum absolute atomic E-state index is 8.24. The maximum atomic E-state index is 8.24. The van der Waals surface area contributed by atoms with Crippen molar-refractivity contribution in [2.45, 2.75) is 26.2 Å². The van der Waals surface area contributed by atoms with Crippen molar-refractivity contribution in [2.24, 2.45) is 27.4 Å². The Hall–Kier alpha value is -2.81. The van der Waals surface area contributed by atoms with E-state index in [0.717, 1.165) is 11.3 Å². The van der Waals surface area contributed by atoms with E-state index < -0.39 is 0 Å². The Morgan fingerprint density at radius 3 is 2.59 bits per heavy atom. The van der Waals surface area contributed by atoms with Crippen LogP contribution in [0.25, 0.3) is 0 Å². The maximum Gasteiger partial charge on any atom is 0.273 e. The average molecular weight is 388 g/mol. The van der Waals surface area contributed by atoms with Gasteiger partial charge in [-0.2, -0.15) is 0 Å². The van der Waals surface area contributed by atoms with Crippen molar-refractivity contribution in [3.05, 3.63) is 34.5 Å². The molecule has 1 aliphatic carbocycles. The van der Waals surface area contributed by atoms with Gasteiger partial charge in [0.2, 0.25) is 0 Å². The number of nitrogens with zero attached hydrogens (tertiary/aromatic N) is 3. The Morgan fingerprint density at radius 2 is 2.04 bits per heavy atom. The molecule has 0 amide bonds. The molecule has 27 heavy (non-hydrogen) atoms. The summed E-state index contributed by atoms with van der Waals surface area (Å²) >= 11 is 1.53. The van der Waals surface area contributed by atoms with Gasteiger partial charge in [-0.1, -0.05) is 11.3 Å². The summed E-state index contributed by atoms with van der Waals surface area (Å²) in [4.78, 5) is 13.4. The highest BCUT2D eigenvalue weighted by Crippen LogP contribution is 2.52. The van der Waals surface area contributed by atoms with Crippen molar-refractivity contribution in [2.75, 3.05) is 14.2 Å². The Labute approximate surface area is 162 Å². The number of nitrogens with one attached hydrogen (secondary N) is 2. The number of amidine groups is 2. The second kappa shape index (κ2) is 8.72. The van der Waals surface area contributed by atoms with E-state index in [9.17, 15) is 0 Å². The minimum Gasteiger partial charge on any atom is -0.473 e. The van der Waals surface area contributed by atoms with Crippen LogP contribution in [0.15, 0.2) is 39.6 Å². The normalized spacial score (nSPS) is 21.2. The van der Waals surface area contributed by atoms with E-state index in [1.807, 2.05) is 6.20 Å². The zero-order chi connectivity index (χ0) is 20.1. The van der Waals surface area contributed by atoms with Gasteiger partial charge in [-0.05, 0) is 38.0 Å². The lowest BCUT2D eigenvalue weighted by molar-refractivity contribution is 0.412.